The molecular weight excluding hydrogens is 270 g/mol. The van der Waals surface area contributed by atoms with Gasteiger partial charge in [0.1, 0.15) is 4.21 Å². The van der Waals surface area contributed by atoms with Crippen molar-refractivity contribution in [1.29, 1.82) is 0 Å². The quantitative estimate of drug-likeness (QED) is 0.930. The van der Waals surface area contributed by atoms with Crippen molar-refractivity contribution in [2.45, 2.75) is 4.21 Å². The van der Waals surface area contributed by atoms with Crippen molar-refractivity contribution in [3.05, 3.63) is 34.8 Å². The molecule has 8 heteroatoms. The van der Waals surface area contributed by atoms with Crippen molar-refractivity contribution >= 4 is 38.8 Å². The second kappa shape index (κ2) is 4.36. The van der Waals surface area contributed by atoms with E-state index in [0.29, 0.717) is 0 Å². The fourth-order valence-electron chi connectivity index (χ4n) is 0.975. The molecule has 0 spiro atoms. The fraction of sp³-hybridized carbons (Fsp3) is 0. The van der Waals surface area contributed by atoms with Gasteiger partial charge in [-0.05, 0) is 23.6 Å². The van der Waals surface area contributed by atoms with Gasteiger partial charge in [0.05, 0.1) is 0 Å². The molecule has 2 heterocycles. The highest BCUT2D eigenvalue weighted by atomic mass is 35.5. The molecule has 0 unspecified atom stereocenters. The van der Waals surface area contributed by atoms with Gasteiger partial charge in [-0.1, -0.05) is 17.7 Å². The number of halogens is 1. The maximum absolute atomic E-state index is 11.7. The molecule has 0 aliphatic rings. The molecule has 0 aliphatic heterocycles. The first-order chi connectivity index (χ1) is 7.58. The zero-order valence-corrected chi connectivity index (χ0v) is 10.2. The van der Waals surface area contributed by atoms with Gasteiger partial charge in [-0.2, -0.15) is 0 Å². The Morgan fingerprint density at radius 3 is 2.62 bits per heavy atom. The van der Waals surface area contributed by atoms with Gasteiger partial charge in [0.15, 0.2) is 11.0 Å². The van der Waals surface area contributed by atoms with Gasteiger partial charge in [-0.15, -0.1) is 21.5 Å². The Hall–Kier alpha value is -1.18. The van der Waals surface area contributed by atoms with Crippen LogP contribution in [-0.2, 0) is 10.0 Å². The van der Waals surface area contributed by atoms with Crippen LogP contribution in [0.1, 0.15) is 0 Å². The smallest absolute Gasteiger partial charge is 0.261 e. The van der Waals surface area contributed by atoms with Crippen molar-refractivity contribution in [2.75, 3.05) is 4.72 Å². The summed E-state index contributed by atoms with van der Waals surface area (Å²) in [5.41, 5.74) is 0. The third kappa shape index (κ3) is 2.49. The minimum absolute atomic E-state index is 0.137. The molecule has 2 rings (SSSR count). The number of nitrogens with zero attached hydrogens (tertiary/aromatic N) is 2. The molecule has 0 amide bonds. The molecule has 0 fully saturated rings. The van der Waals surface area contributed by atoms with Gasteiger partial charge in [0, 0.05) is 0 Å². The summed E-state index contributed by atoms with van der Waals surface area (Å²) in [5, 5.41) is 9.03. The van der Waals surface area contributed by atoms with Crippen LogP contribution in [0.15, 0.2) is 33.9 Å². The molecule has 0 saturated heterocycles. The number of anilines is 1. The molecule has 1 N–H and O–H groups in total. The molecule has 0 aliphatic carbocycles. The topological polar surface area (TPSA) is 72.0 Å². The number of hydrogen-bond acceptors (Lipinski definition) is 5. The SMILES string of the molecule is O=S(=O)(Nc1ccc(Cl)nn1)c1cccs1. The number of thiophene rings is 1. The minimum atomic E-state index is -3.56. The number of hydrogen-bond donors (Lipinski definition) is 1. The predicted molar refractivity (Wildman–Crippen MR) is 62.2 cm³/mol. The van der Waals surface area contributed by atoms with Gasteiger partial charge < -0.3 is 0 Å². The highest BCUT2D eigenvalue weighted by molar-refractivity contribution is 7.94. The number of aromatic nitrogens is 2. The lowest BCUT2D eigenvalue weighted by molar-refractivity contribution is 0.603. The molecule has 5 nitrogen and oxygen atoms in total. The van der Waals surface area contributed by atoms with E-state index in [1.54, 1.807) is 11.4 Å². The molecule has 84 valence electrons. The Kier molecular flexibility index (Phi) is 3.08. The van der Waals surface area contributed by atoms with E-state index in [0.717, 1.165) is 11.3 Å². The van der Waals surface area contributed by atoms with Crippen molar-refractivity contribution < 1.29 is 8.42 Å². The standard InChI is InChI=1S/C8H6ClN3O2S2/c9-6-3-4-7(11-10-6)12-16(13,14)8-2-1-5-15-8/h1-5H,(H,11,12). The van der Waals surface area contributed by atoms with Crippen LogP contribution in [0.5, 0.6) is 0 Å². The maximum atomic E-state index is 11.7. The normalized spacial score (nSPS) is 11.3. The van der Waals surface area contributed by atoms with Crippen molar-refractivity contribution in [1.82, 2.24) is 10.2 Å². The average molecular weight is 276 g/mol. The van der Waals surface area contributed by atoms with Crippen LogP contribution < -0.4 is 4.72 Å². The summed E-state index contributed by atoms with van der Waals surface area (Å²) in [6.07, 6.45) is 0. The average Bonchev–Trinajstić information content (AvgIpc) is 2.75. The Balaban J connectivity index is 2.25. The van der Waals surface area contributed by atoms with Crippen LogP contribution in [0.2, 0.25) is 5.15 Å². The molecule has 0 saturated carbocycles. The molecule has 2 aromatic rings. The first kappa shape index (κ1) is 11.3. The summed E-state index contributed by atoms with van der Waals surface area (Å²) >= 11 is 6.66. The summed E-state index contributed by atoms with van der Waals surface area (Å²) in [5.74, 6) is 0.137. The summed E-state index contributed by atoms with van der Waals surface area (Å²) in [7, 11) is -3.56. The monoisotopic (exact) mass is 275 g/mol. The largest absolute Gasteiger partial charge is 0.272 e. The fourth-order valence-corrected chi connectivity index (χ4v) is 3.06. The third-order valence-electron chi connectivity index (χ3n) is 1.63. The molecular formula is C8H6ClN3O2S2. The number of sulfonamides is 1. The Morgan fingerprint density at radius 2 is 2.06 bits per heavy atom. The van der Waals surface area contributed by atoms with E-state index in [1.807, 2.05) is 0 Å². The van der Waals surface area contributed by atoms with E-state index >= 15 is 0 Å². The summed E-state index contributed by atoms with van der Waals surface area (Å²) in [6.45, 7) is 0. The zero-order chi connectivity index (χ0) is 11.6. The van der Waals surface area contributed by atoms with E-state index in [2.05, 4.69) is 14.9 Å². The summed E-state index contributed by atoms with van der Waals surface area (Å²) in [4.78, 5) is 0. The first-order valence-electron chi connectivity index (χ1n) is 4.13. The molecule has 0 bridgehead atoms. The number of rotatable bonds is 3. The molecule has 0 aromatic carbocycles. The van der Waals surface area contributed by atoms with Gasteiger partial charge >= 0.3 is 0 Å². The van der Waals surface area contributed by atoms with Gasteiger partial charge in [0.2, 0.25) is 0 Å². The number of nitrogens with one attached hydrogen (secondary N) is 1. The Morgan fingerprint density at radius 1 is 1.25 bits per heavy atom. The Bertz CT molecular complexity index is 566. The first-order valence-corrected chi connectivity index (χ1v) is 6.87. The van der Waals surface area contributed by atoms with E-state index < -0.39 is 10.0 Å². The summed E-state index contributed by atoms with van der Waals surface area (Å²) in [6, 6.07) is 6.07. The van der Waals surface area contributed by atoms with Gasteiger partial charge in [-0.25, -0.2) is 8.42 Å². The van der Waals surface area contributed by atoms with Gasteiger partial charge in [0.25, 0.3) is 10.0 Å². The van der Waals surface area contributed by atoms with Crippen molar-refractivity contribution in [2.24, 2.45) is 0 Å². The Labute approximate surface area is 101 Å². The van der Waals surface area contributed by atoms with Crippen molar-refractivity contribution in [3.8, 4) is 0 Å². The summed E-state index contributed by atoms with van der Waals surface area (Å²) < 4.78 is 26.0. The second-order valence-corrected chi connectivity index (χ2v) is 6.02. The molecule has 16 heavy (non-hydrogen) atoms. The minimum Gasteiger partial charge on any atom is -0.261 e. The van der Waals surface area contributed by atoms with Crippen LogP contribution >= 0.6 is 22.9 Å². The highest BCUT2D eigenvalue weighted by Crippen LogP contribution is 2.18. The molecule has 0 radical (unpaired) electrons. The van der Waals surface area contributed by atoms with Crippen LogP contribution in [0.4, 0.5) is 5.82 Å². The van der Waals surface area contributed by atoms with Crippen LogP contribution in [-0.4, -0.2) is 18.6 Å². The lowest BCUT2D eigenvalue weighted by atomic mass is 10.5. The zero-order valence-electron chi connectivity index (χ0n) is 7.79. The lowest BCUT2D eigenvalue weighted by Gasteiger charge is -2.03. The maximum Gasteiger partial charge on any atom is 0.272 e. The van der Waals surface area contributed by atoms with Crippen LogP contribution in [0.25, 0.3) is 0 Å². The third-order valence-corrected chi connectivity index (χ3v) is 4.58. The van der Waals surface area contributed by atoms with E-state index in [-0.39, 0.29) is 15.2 Å². The van der Waals surface area contributed by atoms with Crippen LogP contribution in [0.3, 0.4) is 0 Å². The second-order valence-electron chi connectivity index (χ2n) is 2.78. The van der Waals surface area contributed by atoms with E-state index in [1.165, 1.54) is 18.2 Å². The highest BCUT2D eigenvalue weighted by Gasteiger charge is 2.15. The lowest BCUT2D eigenvalue weighted by Crippen LogP contribution is -2.12. The van der Waals surface area contributed by atoms with Crippen LogP contribution in [0, 0.1) is 0 Å². The van der Waals surface area contributed by atoms with Gasteiger partial charge in [-0.3, -0.25) is 4.72 Å². The van der Waals surface area contributed by atoms with E-state index in [4.69, 9.17) is 11.6 Å². The van der Waals surface area contributed by atoms with Crippen molar-refractivity contribution in [3.63, 3.8) is 0 Å². The predicted octanol–water partition coefficient (Wildman–Crippen LogP) is 1.99. The van der Waals surface area contributed by atoms with E-state index in [9.17, 15) is 8.42 Å². The molecule has 0 atom stereocenters. The molecule has 2 aromatic heterocycles.